The van der Waals surface area contributed by atoms with Crippen LogP contribution in [0, 0.1) is 52.3 Å². The summed E-state index contributed by atoms with van der Waals surface area (Å²) >= 11 is 0. The number of aliphatic hydroxyl groups is 4. The van der Waals surface area contributed by atoms with E-state index in [1.165, 1.54) is 13.8 Å². The molecule has 1 saturated heterocycles. The predicted molar refractivity (Wildman–Crippen MR) is 176 cm³/mol. The molecule has 4 fully saturated rings. The van der Waals surface area contributed by atoms with Crippen LogP contribution in [0.25, 0.3) is 0 Å². The van der Waals surface area contributed by atoms with Crippen molar-refractivity contribution in [2.24, 2.45) is 52.3 Å². The summed E-state index contributed by atoms with van der Waals surface area (Å²) in [5, 5.41) is 44.9. The number of amides is 1. The van der Waals surface area contributed by atoms with Gasteiger partial charge < -0.3 is 40.0 Å². The summed E-state index contributed by atoms with van der Waals surface area (Å²) in [6, 6.07) is -0.977. The number of allylic oxidation sites excluding steroid dienone is 2. The monoisotopic (exact) mass is 663 g/mol. The van der Waals surface area contributed by atoms with Crippen molar-refractivity contribution in [3.05, 3.63) is 12.2 Å². The lowest BCUT2D eigenvalue weighted by Gasteiger charge is -2.59. The number of rotatable bonds is 11. The van der Waals surface area contributed by atoms with Gasteiger partial charge in [-0.3, -0.25) is 9.59 Å². The third-order valence-corrected chi connectivity index (χ3v) is 13.3. The Balaban J connectivity index is 1.42. The number of hydrogen-bond acceptors (Lipinski definition) is 9. The van der Waals surface area contributed by atoms with E-state index in [1.807, 2.05) is 0 Å². The quantitative estimate of drug-likeness (QED) is 0.164. The van der Waals surface area contributed by atoms with Crippen molar-refractivity contribution in [2.75, 3.05) is 13.2 Å². The van der Waals surface area contributed by atoms with E-state index >= 15 is 0 Å². The largest absolute Gasteiger partial charge is 0.466 e. The van der Waals surface area contributed by atoms with Crippen molar-refractivity contribution in [3.8, 4) is 0 Å². The molecule has 0 radical (unpaired) electrons. The molecule has 5 N–H and O–H groups in total. The van der Waals surface area contributed by atoms with Crippen LogP contribution in [0.3, 0.4) is 0 Å². The molecule has 0 bridgehead atoms. The van der Waals surface area contributed by atoms with Crippen LogP contribution >= 0.6 is 0 Å². The fourth-order valence-electron chi connectivity index (χ4n) is 10.8. The van der Waals surface area contributed by atoms with Gasteiger partial charge in [-0.25, -0.2) is 0 Å². The Hall–Kier alpha value is -1.56. The molecule has 0 aromatic rings. The molecule has 4 aliphatic carbocycles. The normalized spacial score (nSPS) is 45.7. The van der Waals surface area contributed by atoms with E-state index < -0.39 is 37.3 Å². The molecule has 5 rings (SSSR count). The first kappa shape index (κ1) is 36.7. The third-order valence-electron chi connectivity index (χ3n) is 13.3. The summed E-state index contributed by atoms with van der Waals surface area (Å²) in [6.07, 6.45) is 8.30. The second-order valence-corrected chi connectivity index (χ2v) is 16.4. The SMILES string of the molecule is CC(=O)NC1[C@H](O[C@H]2CC([C@H](C)CCC[C@@H](C)COC(C)=O)[C@@]3(C)CCC4[C@@H](C=C[C@H]5C[C@@H](O)CC[C@]45C)C23)OC(CO)[C@@H](O)[C@@H]1O. The molecule has 1 amide bonds. The molecule has 10 heteroatoms. The van der Waals surface area contributed by atoms with Crippen LogP contribution in [0.2, 0.25) is 0 Å². The summed E-state index contributed by atoms with van der Waals surface area (Å²) in [5.74, 6) is 1.77. The van der Waals surface area contributed by atoms with Crippen LogP contribution in [0.5, 0.6) is 0 Å². The van der Waals surface area contributed by atoms with Crippen LogP contribution in [-0.4, -0.2) is 88.4 Å². The molecule has 0 spiro atoms. The first-order valence-electron chi connectivity index (χ1n) is 18.2. The summed E-state index contributed by atoms with van der Waals surface area (Å²) in [7, 11) is 0. The molecule has 3 saturated carbocycles. The maximum Gasteiger partial charge on any atom is 0.302 e. The second kappa shape index (κ2) is 14.7. The minimum absolute atomic E-state index is 0.0109. The molecule has 0 aromatic heterocycles. The van der Waals surface area contributed by atoms with Crippen molar-refractivity contribution >= 4 is 11.9 Å². The van der Waals surface area contributed by atoms with E-state index in [1.54, 1.807) is 0 Å². The number of ether oxygens (including phenoxy) is 3. The highest BCUT2D eigenvalue weighted by atomic mass is 16.7. The van der Waals surface area contributed by atoms with Gasteiger partial charge in [0, 0.05) is 13.8 Å². The molecule has 16 atom stereocenters. The highest BCUT2D eigenvalue weighted by Gasteiger charge is 2.63. The minimum Gasteiger partial charge on any atom is -0.466 e. The lowest BCUT2D eigenvalue weighted by atomic mass is 9.46. The Morgan fingerprint density at radius 3 is 2.40 bits per heavy atom. The van der Waals surface area contributed by atoms with Crippen LogP contribution in [-0.2, 0) is 23.8 Å². The number of hydrogen-bond donors (Lipinski definition) is 5. The molecule has 5 aliphatic rings. The van der Waals surface area contributed by atoms with E-state index in [-0.39, 0.29) is 46.8 Å². The van der Waals surface area contributed by atoms with E-state index in [2.05, 4.69) is 45.2 Å². The Morgan fingerprint density at radius 2 is 1.72 bits per heavy atom. The lowest BCUT2D eigenvalue weighted by molar-refractivity contribution is -0.288. The van der Waals surface area contributed by atoms with Crippen LogP contribution in [0.4, 0.5) is 0 Å². The molecule has 10 nitrogen and oxygen atoms in total. The number of esters is 1. The van der Waals surface area contributed by atoms with Gasteiger partial charge in [0.1, 0.15) is 24.4 Å². The molecule has 268 valence electrons. The highest BCUT2D eigenvalue weighted by Crippen LogP contribution is 2.67. The zero-order valence-electron chi connectivity index (χ0n) is 29.3. The number of carbonyl (C=O) groups excluding carboxylic acids is 2. The molecule has 5 unspecified atom stereocenters. The van der Waals surface area contributed by atoms with Crippen LogP contribution < -0.4 is 5.32 Å². The van der Waals surface area contributed by atoms with E-state index in [9.17, 15) is 30.0 Å². The highest BCUT2D eigenvalue weighted by molar-refractivity contribution is 5.73. The fourth-order valence-corrected chi connectivity index (χ4v) is 10.8. The van der Waals surface area contributed by atoms with E-state index in [4.69, 9.17) is 14.2 Å². The second-order valence-electron chi connectivity index (χ2n) is 16.4. The van der Waals surface area contributed by atoms with Crippen molar-refractivity contribution in [1.29, 1.82) is 0 Å². The summed E-state index contributed by atoms with van der Waals surface area (Å²) in [4.78, 5) is 23.5. The molecule has 0 aromatic carbocycles. The smallest absolute Gasteiger partial charge is 0.302 e. The van der Waals surface area contributed by atoms with E-state index in [0.717, 1.165) is 57.8 Å². The lowest BCUT2D eigenvalue weighted by Crippen LogP contribution is -2.65. The molecular formula is C37H61NO9. The van der Waals surface area contributed by atoms with Crippen LogP contribution in [0.1, 0.15) is 99.3 Å². The molecule has 47 heavy (non-hydrogen) atoms. The van der Waals surface area contributed by atoms with Gasteiger partial charge in [-0.2, -0.15) is 0 Å². The van der Waals surface area contributed by atoms with E-state index in [0.29, 0.717) is 36.2 Å². The van der Waals surface area contributed by atoms with Gasteiger partial charge in [0.2, 0.25) is 5.91 Å². The number of nitrogens with one attached hydrogen (secondary N) is 1. The molecule has 1 heterocycles. The zero-order chi connectivity index (χ0) is 34.3. The van der Waals surface area contributed by atoms with Gasteiger partial charge in [-0.1, -0.05) is 52.7 Å². The summed E-state index contributed by atoms with van der Waals surface area (Å²) in [6.45, 7) is 12.1. The Kier molecular flexibility index (Phi) is 11.5. The Labute approximate surface area is 281 Å². The fraction of sp³-hybridized carbons (Fsp3) is 0.892. The van der Waals surface area contributed by atoms with Gasteiger partial charge in [-0.15, -0.1) is 0 Å². The maximum atomic E-state index is 12.2. The first-order chi connectivity index (χ1) is 22.2. The summed E-state index contributed by atoms with van der Waals surface area (Å²) in [5.41, 5.74) is 0.0949. The number of fused-ring (bicyclic) bond motifs is 5. The van der Waals surface area contributed by atoms with Crippen LogP contribution in [0.15, 0.2) is 12.2 Å². The average Bonchev–Trinajstić information content (AvgIpc) is 3.31. The van der Waals surface area contributed by atoms with Gasteiger partial charge in [0.05, 0.1) is 25.4 Å². The number of aliphatic hydroxyl groups excluding tert-OH is 4. The van der Waals surface area contributed by atoms with Gasteiger partial charge in [0.25, 0.3) is 0 Å². The van der Waals surface area contributed by atoms with Crippen molar-refractivity contribution in [1.82, 2.24) is 5.32 Å². The Bertz CT molecular complexity index is 1130. The topological polar surface area (TPSA) is 155 Å². The average molecular weight is 664 g/mol. The molecular weight excluding hydrogens is 602 g/mol. The zero-order valence-corrected chi connectivity index (χ0v) is 29.3. The first-order valence-corrected chi connectivity index (χ1v) is 18.2. The standard InChI is InChI=1S/C37H61NO9/c1-20(19-45-23(4)41)8-7-9-21(2)28-17-29(46-35-32(38-22(3)40)34(44)33(43)30(18-39)47-35)31-26-11-10-24-16-25(42)12-14-36(24,5)27(26)13-15-37(28,31)6/h10-11,20-21,24-35,39,42-44H,7-9,12-19H2,1-6H3,(H,38,40)/t20-,21-,24+,25+,26-,27?,28?,29+,30?,31?,32?,33-,34-,35-,36+,37-/m1/s1. The van der Waals surface area contributed by atoms with Crippen molar-refractivity contribution in [2.45, 2.75) is 142 Å². The Morgan fingerprint density at radius 1 is 1.00 bits per heavy atom. The van der Waals surface area contributed by atoms with Gasteiger partial charge in [-0.05, 0) is 97.2 Å². The van der Waals surface area contributed by atoms with Gasteiger partial charge in [0.15, 0.2) is 6.29 Å². The predicted octanol–water partition coefficient (Wildman–Crippen LogP) is 3.73. The third kappa shape index (κ3) is 7.34. The number of carbonyl (C=O) groups is 2. The minimum atomic E-state index is -1.36. The van der Waals surface area contributed by atoms with Gasteiger partial charge >= 0.3 is 5.97 Å². The van der Waals surface area contributed by atoms with Crippen molar-refractivity contribution < 1.29 is 44.2 Å². The maximum absolute atomic E-state index is 12.2. The van der Waals surface area contributed by atoms with Crippen molar-refractivity contribution in [3.63, 3.8) is 0 Å². The summed E-state index contributed by atoms with van der Waals surface area (Å²) < 4.78 is 18.3. The molecule has 1 aliphatic heterocycles.